The Morgan fingerprint density at radius 1 is 1.41 bits per heavy atom. The molecule has 0 unspecified atom stereocenters. The van der Waals surface area contributed by atoms with E-state index in [9.17, 15) is 4.79 Å². The predicted molar refractivity (Wildman–Crippen MR) is 61.4 cm³/mol. The SMILES string of the molecule is COc1ccccc1OC[C@@H]1CN(C)C(=O)O1. The first-order valence-corrected chi connectivity index (χ1v) is 5.38. The summed E-state index contributed by atoms with van der Waals surface area (Å²) in [5.41, 5.74) is 0. The maximum atomic E-state index is 11.1. The molecule has 1 amide bonds. The second kappa shape index (κ2) is 4.95. The highest BCUT2D eigenvalue weighted by molar-refractivity contribution is 5.69. The lowest BCUT2D eigenvalue weighted by atomic mass is 10.3. The average Bonchev–Trinajstić information content (AvgIpc) is 2.66. The first kappa shape index (κ1) is 11.6. The zero-order valence-corrected chi connectivity index (χ0v) is 9.88. The Morgan fingerprint density at radius 2 is 2.12 bits per heavy atom. The number of rotatable bonds is 4. The van der Waals surface area contributed by atoms with Gasteiger partial charge in [0.25, 0.3) is 0 Å². The Balaban J connectivity index is 1.92. The van der Waals surface area contributed by atoms with Crippen molar-refractivity contribution in [3.63, 3.8) is 0 Å². The molecular weight excluding hydrogens is 222 g/mol. The molecule has 1 fully saturated rings. The molecule has 2 rings (SSSR count). The van der Waals surface area contributed by atoms with Gasteiger partial charge in [-0.1, -0.05) is 12.1 Å². The third-order valence-corrected chi connectivity index (χ3v) is 2.55. The number of hydrogen-bond acceptors (Lipinski definition) is 4. The van der Waals surface area contributed by atoms with E-state index < -0.39 is 0 Å². The molecule has 17 heavy (non-hydrogen) atoms. The van der Waals surface area contributed by atoms with Crippen molar-refractivity contribution in [1.29, 1.82) is 0 Å². The molecule has 1 aromatic rings. The fraction of sp³-hybridized carbons (Fsp3) is 0.417. The summed E-state index contributed by atoms with van der Waals surface area (Å²) < 4.78 is 15.8. The van der Waals surface area contributed by atoms with Gasteiger partial charge in [0, 0.05) is 7.05 Å². The van der Waals surface area contributed by atoms with Gasteiger partial charge in [0.05, 0.1) is 13.7 Å². The highest BCUT2D eigenvalue weighted by atomic mass is 16.6. The molecule has 0 spiro atoms. The van der Waals surface area contributed by atoms with Crippen LogP contribution in [-0.2, 0) is 4.74 Å². The maximum absolute atomic E-state index is 11.1. The number of methoxy groups -OCH3 is 1. The Bertz CT molecular complexity index is 407. The molecule has 0 aliphatic carbocycles. The maximum Gasteiger partial charge on any atom is 0.410 e. The molecular formula is C12H15NO4. The van der Waals surface area contributed by atoms with E-state index in [0.717, 1.165) is 0 Å². The number of ether oxygens (including phenoxy) is 3. The quantitative estimate of drug-likeness (QED) is 0.796. The molecule has 0 radical (unpaired) electrons. The molecule has 1 atom stereocenters. The summed E-state index contributed by atoms with van der Waals surface area (Å²) in [5, 5.41) is 0. The van der Waals surface area contributed by atoms with Crippen molar-refractivity contribution in [1.82, 2.24) is 4.90 Å². The molecule has 1 aromatic carbocycles. The van der Waals surface area contributed by atoms with Gasteiger partial charge in [-0.3, -0.25) is 0 Å². The molecule has 1 aliphatic rings. The summed E-state index contributed by atoms with van der Waals surface area (Å²) in [6, 6.07) is 7.38. The minimum absolute atomic E-state index is 0.225. The molecule has 1 heterocycles. The van der Waals surface area contributed by atoms with Gasteiger partial charge in [-0.25, -0.2) is 4.79 Å². The molecule has 0 saturated carbocycles. The summed E-state index contributed by atoms with van der Waals surface area (Å²) in [6.07, 6.45) is -0.531. The van der Waals surface area contributed by atoms with Gasteiger partial charge >= 0.3 is 6.09 Å². The topological polar surface area (TPSA) is 48.0 Å². The van der Waals surface area contributed by atoms with Crippen LogP contribution in [0.15, 0.2) is 24.3 Å². The summed E-state index contributed by atoms with van der Waals surface area (Å²) in [4.78, 5) is 12.7. The minimum atomic E-state index is -0.307. The molecule has 1 aliphatic heterocycles. The van der Waals surface area contributed by atoms with Crippen molar-refractivity contribution in [3.8, 4) is 11.5 Å². The monoisotopic (exact) mass is 237 g/mol. The van der Waals surface area contributed by atoms with Crippen LogP contribution in [-0.4, -0.2) is 44.4 Å². The van der Waals surface area contributed by atoms with Crippen LogP contribution in [0, 0.1) is 0 Å². The van der Waals surface area contributed by atoms with Gasteiger partial charge in [-0.05, 0) is 12.1 Å². The molecule has 0 N–H and O–H groups in total. The number of likely N-dealkylation sites (N-methyl/N-ethyl adjacent to an activating group) is 1. The van der Waals surface area contributed by atoms with Crippen LogP contribution < -0.4 is 9.47 Å². The fourth-order valence-corrected chi connectivity index (χ4v) is 1.66. The first-order chi connectivity index (χ1) is 8.20. The second-order valence-electron chi connectivity index (χ2n) is 3.85. The third kappa shape index (κ3) is 2.61. The smallest absolute Gasteiger partial charge is 0.410 e. The van der Waals surface area contributed by atoms with Crippen LogP contribution in [0.1, 0.15) is 0 Å². The van der Waals surface area contributed by atoms with Crippen molar-refractivity contribution >= 4 is 6.09 Å². The predicted octanol–water partition coefficient (Wildman–Crippen LogP) is 1.52. The van der Waals surface area contributed by atoms with Crippen LogP contribution in [0.25, 0.3) is 0 Å². The molecule has 1 saturated heterocycles. The van der Waals surface area contributed by atoms with Crippen LogP contribution in [0.3, 0.4) is 0 Å². The van der Waals surface area contributed by atoms with E-state index in [1.54, 1.807) is 14.2 Å². The van der Waals surface area contributed by atoms with E-state index in [4.69, 9.17) is 14.2 Å². The lowest BCUT2D eigenvalue weighted by Crippen LogP contribution is -2.23. The lowest BCUT2D eigenvalue weighted by Gasteiger charge is -2.12. The Morgan fingerprint density at radius 3 is 2.71 bits per heavy atom. The second-order valence-corrected chi connectivity index (χ2v) is 3.85. The van der Waals surface area contributed by atoms with E-state index in [2.05, 4.69) is 0 Å². The van der Waals surface area contributed by atoms with Gasteiger partial charge in [0.1, 0.15) is 6.61 Å². The van der Waals surface area contributed by atoms with Gasteiger partial charge in [-0.2, -0.15) is 0 Å². The zero-order chi connectivity index (χ0) is 12.3. The van der Waals surface area contributed by atoms with Crippen LogP contribution in [0.2, 0.25) is 0 Å². The summed E-state index contributed by atoms with van der Waals surface area (Å²) >= 11 is 0. The Labute approximate surface area is 99.9 Å². The van der Waals surface area contributed by atoms with E-state index >= 15 is 0 Å². The van der Waals surface area contributed by atoms with Gasteiger partial charge in [-0.15, -0.1) is 0 Å². The highest BCUT2D eigenvalue weighted by Gasteiger charge is 2.28. The van der Waals surface area contributed by atoms with Gasteiger partial charge in [0.2, 0.25) is 0 Å². The minimum Gasteiger partial charge on any atom is -0.493 e. The summed E-state index contributed by atoms with van der Waals surface area (Å²) in [7, 11) is 3.29. The lowest BCUT2D eigenvalue weighted by molar-refractivity contribution is 0.102. The van der Waals surface area contributed by atoms with E-state index in [1.165, 1.54) is 4.90 Å². The molecule has 5 nitrogen and oxygen atoms in total. The van der Waals surface area contributed by atoms with Crippen LogP contribution in [0.4, 0.5) is 4.79 Å². The molecule has 5 heteroatoms. The molecule has 0 bridgehead atoms. The van der Waals surface area contributed by atoms with Gasteiger partial charge in [0.15, 0.2) is 17.6 Å². The van der Waals surface area contributed by atoms with Crippen molar-refractivity contribution < 1.29 is 19.0 Å². The number of cyclic esters (lactones) is 1. The summed E-state index contributed by atoms with van der Waals surface area (Å²) in [6.45, 7) is 0.879. The van der Waals surface area contributed by atoms with Crippen molar-refractivity contribution in [2.24, 2.45) is 0 Å². The number of para-hydroxylation sites is 2. The fourth-order valence-electron chi connectivity index (χ4n) is 1.66. The first-order valence-electron chi connectivity index (χ1n) is 5.38. The number of nitrogens with zero attached hydrogens (tertiary/aromatic N) is 1. The number of carbonyl (C=O) groups is 1. The van der Waals surface area contributed by atoms with Crippen molar-refractivity contribution in [2.75, 3.05) is 27.3 Å². The molecule has 0 aromatic heterocycles. The molecule has 92 valence electrons. The van der Waals surface area contributed by atoms with Crippen LogP contribution >= 0.6 is 0 Å². The van der Waals surface area contributed by atoms with Crippen molar-refractivity contribution in [2.45, 2.75) is 6.10 Å². The number of benzene rings is 1. The van der Waals surface area contributed by atoms with Crippen molar-refractivity contribution in [3.05, 3.63) is 24.3 Å². The number of amides is 1. The third-order valence-electron chi connectivity index (χ3n) is 2.55. The standard InChI is InChI=1S/C12H15NO4/c1-13-7-9(17-12(13)14)8-16-11-6-4-3-5-10(11)15-2/h3-6,9H,7-8H2,1-2H3/t9-/m0/s1. The largest absolute Gasteiger partial charge is 0.493 e. The Kier molecular flexibility index (Phi) is 3.37. The highest BCUT2D eigenvalue weighted by Crippen LogP contribution is 2.26. The summed E-state index contributed by atoms with van der Waals surface area (Å²) in [5.74, 6) is 1.32. The van der Waals surface area contributed by atoms with Gasteiger partial charge < -0.3 is 19.1 Å². The zero-order valence-electron chi connectivity index (χ0n) is 9.88. The van der Waals surface area contributed by atoms with E-state index in [0.29, 0.717) is 24.7 Å². The van der Waals surface area contributed by atoms with E-state index in [-0.39, 0.29) is 12.2 Å². The number of hydrogen-bond donors (Lipinski definition) is 0. The average molecular weight is 237 g/mol. The Hall–Kier alpha value is -1.91. The normalized spacial score (nSPS) is 19.1. The number of carbonyl (C=O) groups excluding carboxylic acids is 1. The van der Waals surface area contributed by atoms with E-state index in [1.807, 2.05) is 24.3 Å². The van der Waals surface area contributed by atoms with Crippen LogP contribution in [0.5, 0.6) is 11.5 Å².